The quantitative estimate of drug-likeness (QED) is 0.734. The van der Waals surface area contributed by atoms with Gasteiger partial charge in [0.15, 0.2) is 0 Å². The van der Waals surface area contributed by atoms with Gasteiger partial charge in [0.2, 0.25) is 0 Å². The molecule has 1 unspecified atom stereocenters. The van der Waals surface area contributed by atoms with Crippen LogP contribution >= 0.6 is 11.8 Å². The molecule has 0 aliphatic carbocycles. The number of furan rings is 1. The zero-order valence-corrected chi connectivity index (χ0v) is 12.2. The molecule has 0 saturated carbocycles. The number of nitrogens with one attached hydrogen (secondary N) is 1. The summed E-state index contributed by atoms with van der Waals surface area (Å²) in [4.78, 5) is 0. The summed E-state index contributed by atoms with van der Waals surface area (Å²) in [6.45, 7) is 1.01. The van der Waals surface area contributed by atoms with E-state index in [2.05, 4.69) is 35.8 Å². The van der Waals surface area contributed by atoms with Crippen molar-refractivity contribution in [2.24, 2.45) is 0 Å². The molecule has 1 atom stereocenters. The van der Waals surface area contributed by atoms with Crippen molar-refractivity contribution in [1.82, 2.24) is 5.32 Å². The van der Waals surface area contributed by atoms with Gasteiger partial charge in [-0.1, -0.05) is 30.3 Å². The number of hydrogen-bond donors (Lipinski definition) is 1. The van der Waals surface area contributed by atoms with Crippen LogP contribution in [-0.4, -0.2) is 18.6 Å². The van der Waals surface area contributed by atoms with Gasteiger partial charge in [-0.25, -0.2) is 0 Å². The Balaban J connectivity index is 1.96. The Bertz CT molecular complexity index is 441. The van der Waals surface area contributed by atoms with Crippen LogP contribution < -0.4 is 5.32 Å². The van der Waals surface area contributed by atoms with Crippen molar-refractivity contribution >= 4 is 11.8 Å². The highest BCUT2D eigenvalue weighted by Gasteiger charge is 2.15. The van der Waals surface area contributed by atoms with Crippen LogP contribution in [0.5, 0.6) is 0 Å². The average molecular weight is 275 g/mol. The van der Waals surface area contributed by atoms with Crippen LogP contribution in [0.25, 0.3) is 0 Å². The molecular weight excluding hydrogens is 254 g/mol. The van der Waals surface area contributed by atoms with Gasteiger partial charge in [-0.2, -0.15) is 11.8 Å². The Morgan fingerprint density at radius 2 is 1.95 bits per heavy atom. The van der Waals surface area contributed by atoms with Gasteiger partial charge in [0, 0.05) is 0 Å². The molecule has 1 heterocycles. The lowest BCUT2D eigenvalue weighted by atomic mass is 10.0. The molecule has 0 aliphatic heterocycles. The molecule has 1 aromatic heterocycles. The van der Waals surface area contributed by atoms with Gasteiger partial charge in [-0.15, -0.1) is 0 Å². The molecule has 19 heavy (non-hydrogen) atoms. The standard InChI is InChI=1S/C16H21NOS/c1-19-13-6-5-11-17-16(15-10-7-12-18-15)14-8-3-2-4-9-14/h2-4,7-10,12,16-17H,5-6,11,13H2,1H3. The second-order valence-corrected chi connectivity index (χ2v) is 5.50. The van der Waals surface area contributed by atoms with Crippen LogP contribution in [0.15, 0.2) is 53.1 Å². The molecule has 0 saturated heterocycles. The highest BCUT2D eigenvalue weighted by molar-refractivity contribution is 7.98. The molecule has 3 heteroatoms. The predicted octanol–water partition coefficient (Wildman–Crippen LogP) is 4.10. The van der Waals surface area contributed by atoms with Crippen LogP contribution in [-0.2, 0) is 0 Å². The van der Waals surface area contributed by atoms with E-state index in [1.807, 2.05) is 30.0 Å². The van der Waals surface area contributed by atoms with E-state index in [4.69, 9.17) is 4.42 Å². The molecule has 2 rings (SSSR count). The van der Waals surface area contributed by atoms with Crippen molar-refractivity contribution in [2.45, 2.75) is 18.9 Å². The van der Waals surface area contributed by atoms with Gasteiger partial charge < -0.3 is 9.73 Å². The van der Waals surface area contributed by atoms with Crippen LogP contribution in [0.2, 0.25) is 0 Å². The Morgan fingerprint density at radius 1 is 1.11 bits per heavy atom. The lowest BCUT2D eigenvalue weighted by Gasteiger charge is -2.17. The average Bonchev–Trinajstić information content (AvgIpc) is 2.98. The van der Waals surface area contributed by atoms with Crippen molar-refractivity contribution in [3.8, 4) is 0 Å². The van der Waals surface area contributed by atoms with Crippen molar-refractivity contribution in [2.75, 3.05) is 18.6 Å². The van der Waals surface area contributed by atoms with Crippen LogP contribution in [0.4, 0.5) is 0 Å². The van der Waals surface area contributed by atoms with E-state index < -0.39 is 0 Å². The topological polar surface area (TPSA) is 25.2 Å². The zero-order chi connectivity index (χ0) is 13.3. The van der Waals surface area contributed by atoms with E-state index in [0.717, 1.165) is 12.3 Å². The second kappa shape index (κ2) is 8.08. The summed E-state index contributed by atoms with van der Waals surface area (Å²) in [6.07, 6.45) is 6.35. The summed E-state index contributed by atoms with van der Waals surface area (Å²) in [6, 6.07) is 14.6. The fraction of sp³-hybridized carbons (Fsp3) is 0.375. The largest absolute Gasteiger partial charge is 0.467 e. The van der Waals surface area contributed by atoms with Crippen LogP contribution in [0.1, 0.15) is 30.2 Å². The SMILES string of the molecule is CSCCCCNC(c1ccccc1)c1ccco1. The third-order valence-corrected chi connectivity index (χ3v) is 3.78. The first-order valence-corrected chi connectivity index (χ1v) is 8.12. The van der Waals surface area contributed by atoms with E-state index in [1.54, 1.807) is 6.26 Å². The van der Waals surface area contributed by atoms with Crippen molar-refractivity contribution < 1.29 is 4.42 Å². The van der Waals surface area contributed by atoms with Crippen LogP contribution in [0, 0.1) is 0 Å². The monoisotopic (exact) mass is 275 g/mol. The van der Waals surface area contributed by atoms with Crippen molar-refractivity contribution in [3.63, 3.8) is 0 Å². The summed E-state index contributed by atoms with van der Waals surface area (Å²) < 4.78 is 5.56. The fourth-order valence-electron chi connectivity index (χ4n) is 2.10. The first-order chi connectivity index (χ1) is 9.42. The van der Waals surface area contributed by atoms with Crippen LogP contribution in [0.3, 0.4) is 0 Å². The van der Waals surface area contributed by atoms with Crippen molar-refractivity contribution in [1.29, 1.82) is 0 Å². The summed E-state index contributed by atoms with van der Waals surface area (Å²) in [5.41, 5.74) is 1.25. The summed E-state index contributed by atoms with van der Waals surface area (Å²) in [7, 11) is 0. The van der Waals surface area contributed by atoms with E-state index in [1.165, 1.54) is 24.2 Å². The number of thioether (sulfide) groups is 1. The smallest absolute Gasteiger partial charge is 0.125 e. The lowest BCUT2D eigenvalue weighted by Crippen LogP contribution is -2.23. The maximum absolute atomic E-state index is 5.56. The lowest BCUT2D eigenvalue weighted by molar-refractivity contribution is 0.444. The maximum atomic E-state index is 5.56. The normalized spacial score (nSPS) is 12.5. The first-order valence-electron chi connectivity index (χ1n) is 6.72. The molecule has 2 aromatic rings. The molecule has 0 fully saturated rings. The summed E-state index contributed by atoms with van der Waals surface area (Å²) in [5.74, 6) is 2.22. The predicted molar refractivity (Wildman–Crippen MR) is 82.6 cm³/mol. The van der Waals surface area contributed by atoms with Gasteiger partial charge in [-0.05, 0) is 49.1 Å². The third-order valence-electron chi connectivity index (χ3n) is 3.08. The molecule has 0 radical (unpaired) electrons. The zero-order valence-electron chi connectivity index (χ0n) is 11.3. The number of unbranched alkanes of at least 4 members (excludes halogenated alkanes) is 1. The number of rotatable bonds is 8. The molecule has 102 valence electrons. The summed E-state index contributed by atoms with van der Waals surface area (Å²) >= 11 is 1.91. The van der Waals surface area contributed by atoms with Gasteiger partial charge in [0.25, 0.3) is 0 Å². The van der Waals surface area contributed by atoms with E-state index in [0.29, 0.717) is 0 Å². The van der Waals surface area contributed by atoms with Gasteiger partial charge in [0.05, 0.1) is 12.3 Å². The Morgan fingerprint density at radius 3 is 2.63 bits per heavy atom. The number of hydrogen-bond acceptors (Lipinski definition) is 3. The minimum Gasteiger partial charge on any atom is -0.467 e. The Hall–Kier alpha value is -1.19. The van der Waals surface area contributed by atoms with E-state index in [9.17, 15) is 0 Å². The fourth-order valence-corrected chi connectivity index (χ4v) is 2.59. The molecule has 0 bridgehead atoms. The van der Waals surface area contributed by atoms with Gasteiger partial charge in [-0.3, -0.25) is 0 Å². The first kappa shape index (κ1) is 14.2. The molecular formula is C16H21NOS. The molecule has 1 N–H and O–H groups in total. The van der Waals surface area contributed by atoms with Gasteiger partial charge >= 0.3 is 0 Å². The minimum absolute atomic E-state index is 0.158. The second-order valence-electron chi connectivity index (χ2n) is 4.51. The molecule has 1 aromatic carbocycles. The maximum Gasteiger partial charge on any atom is 0.125 e. The highest BCUT2D eigenvalue weighted by atomic mass is 32.2. The Labute approximate surface area is 119 Å². The molecule has 0 aliphatic rings. The highest BCUT2D eigenvalue weighted by Crippen LogP contribution is 2.22. The number of benzene rings is 1. The molecule has 0 amide bonds. The van der Waals surface area contributed by atoms with Gasteiger partial charge in [0.1, 0.15) is 5.76 Å². The Kier molecular flexibility index (Phi) is 6.05. The molecule has 2 nitrogen and oxygen atoms in total. The minimum atomic E-state index is 0.158. The summed E-state index contributed by atoms with van der Waals surface area (Å²) in [5, 5.41) is 3.59. The van der Waals surface area contributed by atoms with E-state index >= 15 is 0 Å². The third kappa shape index (κ3) is 4.44. The van der Waals surface area contributed by atoms with Crippen molar-refractivity contribution in [3.05, 3.63) is 60.1 Å². The van der Waals surface area contributed by atoms with E-state index in [-0.39, 0.29) is 6.04 Å². The molecule has 0 spiro atoms.